The zero-order valence-electron chi connectivity index (χ0n) is 17.8. The highest BCUT2D eigenvalue weighted by Gasteiger charge is 2.47. The van der Waals surface area contributed by atoms with Crippen molar-refractivity contribution < 1.29 is 18.1 Å². The first-order chi connectivity index (χ1) is 14.6. The van der Waals surface area contributed by atoms with E-state index in [1.165, 1.54) is 22.2 Å². The van der Waals surface area contributed by atoms with Crippen molar-refractivity contribution in [2.24, 2.45) is 5.92 Å². The first-order valence-electron chi connectivity index (χ1n) is 10.4. The molecule has 5 rings (SSSR count). The number of likely N-dealkylation sites (tertiary alicyclic amines) is 1. The van der Waals surface area contributed by atoms with Gasteiger partial charge in [-0.1, -0.05) is 30.3 Å². The van der Waals surface area contributed by atoms with Crippen LogP contribution >= 0.6 is 0 Å². The molecule has 1 aliphatic heterocycles. The Bertz CT molecular complexity index is 1200. The number of para-hydroxylation sites is 1. The summed E-state index contributed by atoms with van der Waals surface area (Å²) in [4.78, 5) is 7.49. The van der Waals surface area contributed by atoms with E-state index in [-0.39, 0.29) is 5.41 Å². The molecule has 0 amide bonds. The first kappa shape index (κ1) is 21.7. The molecule has 7 heteroatoms. The molecular weight excluding hydrogens is 412 g/mol. The molecule has 164 valence electrons. The molecule has 2 atom stereocenters. The number of hydrogen-bond donors (Lipinski definition) is 2. The van der Waals surface area contributed by atoms with Gasteiger partial charge in [0.05, 0.1) is 11.8 Å². The van der Waals surface area contributed by atoms with Crippen LogP contribution in [0.15, 0.2) is 54.6 Å². The van der Waals surface area contributed by atoms with Crippen molar-refractivity contribution in [1.82, 2.24) is 9.88 Å². The second-order valence-electron chi connectivity index (χ2n) is 8.82. The Hall–Kier alpha value is -2.48. The predicted molar refractivity (Wildman–Crippen MR) is 122 cm³/mol. The zero-order valence-corrected chi connectivity index (χ0v) is 18.6. The Kier molecular flexibility index (Phi) is 5.77. The Labute approximate surface area is 183 Å². The van der Waals surface area contributed by atoms with Crippen molar-refractivity contribution in [2.75, 3.05) is 26.4 Å². The van der Waals surface area contributed by atoms with E-state index in [0.717, 1.165) is 37.9 Å². The van der Waals surface area contributed by atoms with Gasteiger partial charge in [0.2, 0.25) is 0 Å². The summed E-state index contributed by atoms with van der Waals surface area (Å²) in [7, 11) is -1.44. The SMILES string of the molecule is CN1CC[C@@]2(c3cccc(O)c3)Cc3nc4ccccc4cc3C[C@@H]2C1.CS(=O)(=O)O. The van der Waals surface area contributed by atoms with Crippen molar-refractivity contribution in [1.29, 1.82) is 0 Å². The largest absolute Gasteiger partial charge is 0.508 e. The number of aromatic nitrogens is 1. The van der Waals surface area contributed by atoms with Crippen molar-refractivity contribution >= 4 is 21.0 Å². The van der Waals surface area contributed by atoms with Crippen LogP contribution in [-0.4, -0.2) is 54.4 Å². The van der Waals surface area contributed by atoms with Crippen LogP contribution in [0.25, 0.3) is 10.9 Å². The molecule has 2 aliphatic rings. The van der Waals surface area contributed by atoms with E-state index in [0.29, 0.717) is 17.9 Å². The van der Waals surface area contributed by atoms with Gasteiger partial charge in [0, 0.05) is 29.5 Å². The normalized spacial score (nSPS) is 23.4. The summed E-state index contributed by atoms with van der Waals surface area (Å²) < 4.78 is 25.9. The highest BCUT2D eigenvalue weighted by molar-refractivity contribution is 7.85. The lowest BCUT2D eigenvalue weighted by Gasteiger charge is -2.50. The molecule has 1 aliphatic carbocycles. The van der Waals surface area contributed by atoms with Gasteiger partial charge >= 0.3 is 0 Å². The Morgan fingerprint density at radius 1 is 1.13 bits per heavy atom. The van der Waals surface area contributed by atoms with Gasteiger partial charge in [0.15, 0.2) is 0 Å². The molecule has 2 heterocycles. The molecule has 1 saturated heterocycles. The van der Waals surface area contributed by atoms with E-state index >= 15 is 0 Å². The summed E-state index contributed by atoms with van der Waals surface area (Å²) in [5, 5.41) is 11.3. The van der Waals surface area contributed by atoms with Gasteiger partial charge in [-0.25, -0.2) is 0 Å². The summed E-state index contributed by atoms with van der Waals surface area (Å²) in [5.41, 5.74) is 5.08. The quantitative estimate of drug-likeness (QED) is 0.564. The maximum Gasteiger partial charge on any atom is 0.261 e. The lowest BCUT2D eigenvalue weighted by molar-refractivity contribution is 0.0987. The van der Waals surface area contributed by atoms with Gasteiger partial charge < -0.3 is 10.0 Å². The number of hydrogen-bond acceptors (Lipinski definition) is 5. The molecule has 0 bridgehead atoms. The van der Waals surface area contributed by atoms with Gasteiger partial charge in [0.25, 0.3) is 10.1 Å². The third kappa shape index (κ3) is 4.74. The number of nitrogens with zero attached hydrogens (tertiary/aromatic N) is 2. The third-order valence-electron chi connectivity index (χ3n) is 6.52. The lowest BCUT2D eigenvalue weighted by atomic mass is 9.58. The minimum Gasteiger partial charge on any atom is -0.508 e. The molecule has 0 unspecified atom stereocenters. The van der Waals surface area contributed by atoms with Gasteiger partial charge in [-0.2, -0.15) is 8.42 Å². The van der Waals surface area contributed by atoms with Crippen LogP contribution in [-0.2, 0) is 28.4 Å². The maximum absolute atomic E-state index is 10.1. The van der Waals surface area contributed by atoms with E-state index in [1.807, 2.05) is 12.1 Å². The van der Waals surface area contributed by atoms with Crippen molar-refractivity contribution in [3.05, 3.63) is 71.4 Å². The minimum atomic E-state index is -3.67. The molecule has 0 spiro atoms. The van der Waals surface area contributed by atoms with Crippen molar-refractivity contribution in [3.8, 4) is 5.75 Å². The average Bonchev–Trinajstić information content (AvgIpc) is 2.69. The maximum atomic E-state index is 10.1. The summed E-state index contributed by atoms with van der Waals surface area (Å²) in [6, 6.07) is 18.7. The predicted octanol–water partition coefficient (Wildman–Crippen LogP) is 3.43. The molecular formula is C24H28N2O4S. The summed E-state index contributed by atoms with van der Waals surface area (Å²) >= 11 is 0. The number of phenolic OH excluding ortho intramolecular Hbond substituents is 1. The molecule has 6 nitrogen and oxygen atoms in total. The van der Waals surface area contributed by atoms with E-state index in [4.69, 9.17) is 9.54 Å². The second kappa shape index (κ2) is 8.22. The number of phenols is 1. The van der Waals surface area contributed by atoms with Gasteiger partial charge in [-0.3, -0.25) is 9.54 Å². The van der Waals surface area contributed by atoms with Crippen LogP contribution in [0, 0.1) is 5.92 Å². The summed E-state index contributed by atoms with van der Waals surface area (Å²) in [6.07, 6.45) is 3.86. The standard InChI is InChI=1S/C23H24N2O.CH4O3S/c1-25-10-9-23(18-6-4-7-20(26)13-18)14-22-17(12-19(23)15-25)11-16-5-2-3-8-21(16)24-22;1-5(2,3)4/h2-8,11,13,19,26H,9-10,12,14-15H2,1H3;1H3,(H,2,3,4)/t19-,23+;/m1./s1. The second-order valence-corrected chi connectivity index (χ2v) is 10.3. The van der Waals surface area contributed by atoms with Gasteiger partial charge in [-0.15, -0.1) is 0 Å². The molecule has 0 saturated carbocycles. The molecule has 1 fully saturated rings. The highest BCUT2D eigenvalue weighted by atomic mass is 32.2. The minimum absolute atomic E-state index is 0.0771. The third-order valence-corrected chi connectivity index (χ3v) is 6.52. The van der Waals surface area contributed by atoms with Crippen LogP contribution in [0.5, 0.6) is 5.75 Å². The van der Waals surface area contributed by atoms with E-state index in [1.54, 1.807) is 6.07 Å². The number of rotatable bonds is 1. The summed E-state index contributed by atoms with van der Waals surface area (Å²) in [5.74, 6) is 0.922. The Balaban J connectivity index is 0.000000418. The monoisotopic (exact) mass is 440 g/mol. The molecule has 31 heavy (non-hydrogen) atoms. The molecule has 2 aromatic carbocycles. The van der Waals surface area contributed by atoms with Crippen molar-refractivity contribution in [3.63, 3.8) is 0 Å². The number of pyridine rings is 1. The topological polar surface area (TPSA) is 90.7 Å². The zero-order chi connectivity index (χ0) is 22.2. The molecule has 0 radical (unpaired) electrons. The Morgan fingerprint density at radius 3 is 2.61 bits per heavy atom. The van der Waals surface area contributed by atoms with Gasteiger partial charge in [-0.05, 0) is 67.7 Å². The smallest absolute Gasteiger partial charge is 0.261 e. The summed E-state index contributed by atoms with van der Waals surface area (Å²) in [6.45, 7) is 2.19. The molecule has 3 aromatic rings. The lowest BCUT2D eigenvalue weighted by Crippen LogP contribution is -2.53. The fraction of sp³-hybridized carbons (Fsp3) is 0.375. The number of benzene rings is 2. The highest BCUT2D eigenvalue weighted by Crippen LogP contribution is 2.48. The van der Waals surface area contributed by atoms with Crippen LogP contribution in [0.2, 0.25) is 0 Å². The van der Waals surface area contributed by atoms with Crippen LogP contribution < -0.4 is 0 Å². The van der Waals surface area contributed by atoms with E-state index < -0.39 is 10.1 Å². The van der Waals surface area contributed by atoms with Crippen LogP contribution in [0.3, 0.4) is 0 Å². The first-order valence-corrected chi connectivity index (χ1v) is 12.3. The Morgan fingerprint density at radius 2 is 1.87 bits per heavy atom. The van der Waals surface area contributed by atoms with E-state index in [2.05, 4.69) is 48.3 Å². The number of aromatic hydroxyl groups is 1. The molecule has 1 aromatic heterocycles. The number of fused-ring (bicyclic) bond motifs is 3. The van der Waals surface area contributed by atoms with Crippen molar-refractivity contribution in [2.45, 2.75) is 24.7 Å². The average molecular weight is 441 g/mol. The van der Waals surface area contributed by atoms with Crippen LogP contribution in [0.4, 0.5) is 0 Å². The molecule has 2 N–H and O–H groups in total. The van der Waals surface area contributed by atoms with E-state index in [9.17, 15) is 13.5 Å². The fourth-order valence-corrected chi connectivity index (χ4v) is 5.12. The van der Waals surface area contributed by atoms with Crippen LogP contribution in [0.1, 0.15) is 23.2 Å². The fourth-order valence-electron chi connectivity index (χ4n) is 5.12. The number of piperidine rings is 1. The van der Waals surface area contributed by atoms with Gasteiger partial charge in [0.1, 0.15) is 5.75 Å².